The molecule has 1 aliphatic carbocycles. The van der Waals surface area contributed by atoms with Crippen molar-refractivity contribution in [1.29, 1.82) is 0 Å². The molecule has 49 heavy (non-hydrogen) atoms. The molecule has 10 nitrogen and oxygen atoms in total. The molecule has 0 unspecified atom stereocenters. The lowest BCUT2D eigenvalue weighted by molar-refractivity contribution is -0.181. The highest BCUT2D eigenvalue weighted by Gasteiger charge is 2.51. The molecule has 4 heterocycles. The lowest BCUT2D eigenvalue weighted by Gasteiger charge is -2.51. The van der Waals surface area contributed by atoms with Crippen LogP contribution in [0.25, 0.3) is 0 Å². The van der Waals surface area contributed by atoms with E-state index in [2.05, 4.69) is 17.1 Å². The number of esters is 1. The van der Waals surface area contributed by atoms with Crippen LogP contribution in [0.3, 0.4) is 0 Å². The average Bonchev–Trinajstić information content (AvgIpc) is 3.92. The summed E-state index contributed by atoms with van der Waals surface area (Å²) in [6.45, 7) is 7.10. The van der Waals surface area contributed by atoms with Gasteiger partial charge in [-0.05, 0) is 85.6 Å². The van der Waals surface area contributed by atoms with Gasteiger partial charge in [0.1, 0.15) is 6.10 Å². The van der Waals surface area contributed by atoms with E-state index < -0.39 is 11.6 Å². The van der Waals surface area contributed by atoms with Crippen LogP contribution < -0.4 is 5.32 Å². The maximum Gasteiger partial charge on any atom is 0.349 e. The number of unbranched alkanes of at least 4 members (excludes halogenated alkanes) is 2. The van der Waals surface area contributed by atoms with Crippen LogP contribution in [0, 0.1) is 5.41 Å². The predicted octanol–water partition coefficient (Wildman–Crippen LogP) is 6.17. The summed E-state index contributed by atoms with van der Waals surface area (Å²) in [7, 11) is 1.91. The number of nitrogens with one attached hydrogen (secondary N) is 1. The summed E-state index contributed by atoms with van der Waals surface area (Å²) in [5, 5.41) is 17.7. The molecular weight excluding hydrogens is 663 g/mol. The molecule has 3 fully saturated rings. The normalized spacial score (nSPS) is 17.9. The second kappa shape index (κ2) is 17.7. The van der Waals surface area contributed by atoms with Crippen LogP contribution in [0.2, 0.25) is 0 Å². The summed E-state index contributed by atoms with van der Waals surface area (Å²) < 4.78 is 16.5. The molecule has 2 N–H and O–H groups in total. The van der Waals surface area contributed by atoms with Gasteiger partial charge >= 0.3 is 5.97 Å². The van der Waals surface area contributed by atoms with E-state index in [1.807, 2.05) is 59.1 Å². The van der Waals surface area contributed by atoms with Crippen molar-refractivity contribution in [2.24, 2.45) is 5.41 Å². The molecule has 3 aromatic rings. The molecule has 0 atom stereocenters. The topological polar surface area (TPSA) is 118 Å². The van der Waals surface area contributed by atoms with Gasteiger partial charge in [0, 0.05) is 37.8 Å². The lowest BCUT2D eigenvalue weighted by Crippen LogP contribution is -2.52. The van der Waals surface area contributed by atoms with Crippen LogP contribution in [-0.4, -0.2) is 85.7 Å². The van der Waals surface area contributed by atoms with Crippen molar-refractivity contribution < 1.29 is 33.7 Å². The van der Waals surface area contributed by atoms with Gasteiger partial charge in [0.2, 0.25) is 17.9 Å². The number of nitrogens with zero attached hydrogens (tertiary/aromatic N) is 2. The third-order valence-corrected chi connectivity index (χ3v) is 11.7. The summed E-state index contributed by atoms with van der Waals surface area (Å²) in [5.41, 5.74) is 0.234. The number of amides is 2. The van der Waals surface area contributed by atoms with Crippen LogP contribution in [0.4, 0.5) is 5.69 Å². The fourth-order valence-electron chi connectivity index (χ4n) is 6.70. The van der Waals surface area contributed by atoms with E-state index >= 15 is 0 Å². The van der Waals surface area contributed by atoms with E-state index in [4.69, 9.17) is 14.2 Å². The number of piperidine rings is 1. The average molecular weight is 712 g/mol. The molecule has 266 valence electrons. The molecular formula is C37H49N3O7S2. The fourth-order valence-corrected chi connectivity index (χ4v) is 8.41. The van der Waals surface area contributed by atoms with Gasteiger partial charge in [-0.2, -0.15) is 0 Å². The number of benzene rings is 1. The quantitative estimate of drug-likeness (QED) is 0.116. The zero-order chi connectivity index (χ0) is 34.7. The van der Waals surface area contributed by atoms with Gasteiger partial charge in [-0.1, -0.05) is 44.0 Å². The molecule has 2 aromatic heterocycles. The first-order valence-corrected chi connectivity index (χ1v) is 19.0. The number of hydrogen-bond acceptors (Lipinski definition) is 10. The first-order valence-electron chi connectivity index (χ1n) is 17.3. The second-order valence-electron chi connectivity index (χ2n) is 13.2. The number of hydrogen-bond donors (Lipinski definition) is 2. The van der Waals surface area contributed by atoms with Crippen molar-refractivity contribution in [3.8, 4) is 0 Å². The third-order valence-electron chi connectivity index (χ3n) is 9.76. The van der Waals surface area contributed by atoms with E-state index in [1.54, 1.807) is 12.1 Å². The smallest absolute Gasteiger partial charge is 0.349 e. The van der Waals surface area contributed by atoms with Gasteiger partial charge in [0.15, 0.2) is 6.29 Å². The van der Waals surface area contributed by atoms with Crippen LogP contribution in [-0.2, 0) is 34.2 Å². The van der Waals surface area contributed by atoms with Crippen molar-refractivity contribution in [1.82, 2.24) is 9.80 Å². The number of thiophene rings is 2. The minimum absolute atomic E-state index is 0.140. The Morgan fingerprint density at radius 3 is 2.22 bits per heavy atom. The van der Waals surface area contributed by atoms with E-state index in [-0.39, 0.29) is 23.7 Å². The minimum Gasteiger partial charge on any atom is -0.460 e. The van der Waals surface area contributed by atoms with Crippen LogP contribution in [0.1, 0.15) is 79.9 Å². The highest BCUT2D eigenvalue weighted by atomic mass is 32.1. The Morgan fingerprint density at radius 1 is 1.04 bits per heavy atom. The van der Waals surface area contributed by atoms with Crippen molar-refractivity contribution >= 4 is 46.6 Å². The summed E-state index contributed by atoms with van der Waals surface area (Å²) >= 11 is 2.73. The molecule has 1 saturated carbocycles. The van der Waals surface area contributed by atoms with Gasteiger partial charge < -0.3 is 34.4 Å². The predicted molar refractivity (Wildman–Crippen MR) is 191 cm³/mol. The number of aliphatic hydroxyl groups is 1. The van der Waals surface area contributed by atoms with Crippen LogP contribution in [0.5, 0.6) is 0 Å². The zero-order valence-electron chi connectivity index (χ0n) is 28.5. The summed E-state index contributed by atoms with van der Waals surface area (Å²) in [6.07, 6.45) is 8.12. The molecule has 2 saturated heterocycles. The fraction of sp³-hybridized carbons (Fsp3) is 0.541. The molecule has 2 amide bonds. The van der Waals surface area contributed by atoms with Gasteiger partial charge in [0.25, 0.3) is 0 Å². The number of anilines is 1. The lowest BCUT2D eigenvalue weighted by atomic mass is 9.61. The first-order chi connectivity index (χ1) is 23.8. The highest BCUT2D eigenvalue weighted by Crippen LogP contribution is 2.51. The van der Waals surface area contributed by atoms with Crippen LogP contribution in [0.15, 0.2) is 59.3 Å². The Kier molecular flexibility index (Phi) is 13.4. The molecule has 0 radical (unpaired) electrons. The number of carbonyl (C=O) groups excluding carboxylic acids is 3. The Bertz CT molecular complexity index is 1410. The molecule has 1 aromatic carbocycles. The summed E-state index contributed by atoms with van der Waals surface area (Å²) in [4.78, 5) is 41.2. The monoisotopic (exact) mass is 711 g/mol. The molecule has 6 rings (SSSR count). The van der Waals surface area contributed by atoms with Crippen molar-refractivity contribution in [3.05, 3.63) is 74.6 Å². The van der Waals surface area contributed by atoms with Gasteiger partial charge in [-0.3, -0.25) is 9.59 Å². The Balaban J connectivity index is 0.000000278. The molecule has 0 bridgehead atoms. The van der Waals surface area contributed by atoms with E-state index in [0.29, 0.717) is 35.8 Å². The Labute approximate surface area is 297 Å². The highest BCUT2D eigenvalue weighted by molar-refractivity contribution is 7.12. The number of ether oxygens (including phenoxy) is 3. The van der Waals surface area contributed by atoms with E-state index in [0.717, 1.165) is 69.5 Å². The zero-order valence-corrected chi connectivity index (χ0v) is 30.1. The van der Waals surface area contributed by atoms with Gasteiger partial charge in [-0.15, -0.1) is 22.7 Å². The van der Waals surface area contributed by atoms with E-state index in [9.17, 15) is 19.5 Å². The standard InChI is InChI=1S/C27H38N2O4S2.C10H11NO3/c1-3-4-5-13-28(2)24(30)10-14-29-15-11-26(12-16-29)19-21(20-26)33-25(31)27(32,22-8-6-17-34-22)23-9-7-18-35-23;12-7-11-9-3-1-8(2-4-9)10-13-5-6-14-10/h6-9,17-18,21,32H,3-5,10-16,19-20H2,1-2H3;1-4,7,10H,5-6H2,(H,11,12). The Morgan fingerprint density at radius 2 is 1.67 bits per heavy atom. The summed E-state index contributed by atoms with van der Waals surface area (Å²) in [6, 6.07) is 14.6. The van der Waals surface area contributed by atoms with Gasteiger partial charge in [0.05, 0.1) is 23.0 Å². The molecule has 1 spiro atoms. The SMILES string of the molecule is CCCCCN(C)C(=O)CCN1CCC2(CC1)CC(OC(=O)C(O)(c1cccs1)c1cccs1)C2.O=CNc1ccc(C2OCCO2)cc1. The minimum atomic E-state index is -1.73. The number of rotatable bonds is 14. The van der Waals surface area contributed by atoms with E-state index in [1.165, 1.54) is 35.5 Å². The third kappa shape index (κ3) is 9.56. The summed E-state index contributed by atoms with van der Waals surface area (Å²) in [5.74, 6) is -0.331. The first kappa shape index (κ1) is 37.1. The molecule has 3 aliphatic rings. The largest absolute Gasteiger partial charge is 0.460 e. The molecule has 2 aliphatic heterocycles. The van der Waals surface area contributed by atoms with Crippen LogP contribution >= 0.6 is 22.7 Å². The Hall–Kier alpha value is -3.13. The maximum absolute atomic E-state index is 13.2. The second-order valence-corrected chi connectivity index (χ2v) is 15.1. The van der Waals surface area contributed by atoms with Crippen molar-refractivity contribution in [2.45, 2.75) is 76.3 Å². The van der Waals surface area contributed by atoms with Gasteiger partial charge in [-0.25, -0.2) is 4.79 Å². The van der Waals surface area contributed by atoms with Crippen molar-refractivity contribution in [3.63, 3.8) is 0 Å². The molecule has 12 heteroatoms. The number of carbonyl (C=O) groups is 3. The van der Waals surface area contributed by atoms with Crippen molar-refractivity contribution in [2.75, 3.05) is 51.8 Å². The maximum atomic E-state index is 13.2. The number of likely N-dealkylation sites (tertiary alicyclic amines) is 1.